The summed E-state index contributed by atoms with van der Waals surface area (Å²) in [5, 5.41) is 9.54. The Kier molecular flexibility index (Phi) is 5.08. The van der Waals surface area contributed by atoms with Crippen molar-refractivity contribution in [1.29, 1.82) is 0 Å². The third-order valence-electron chi connectivity index (χ3n) is 5.92. The summed E-state index contributed by atoms with van der Waals surface area (Å²) in [7, 11) is 1.54. The van der Waals surface area contributed by atoms with E-state index < -0.39 is 17.5 Å². The molecule has 168 valence electrons. The number of thiophene rings is 1. The number of anilines is 2. The Labute approximate surface area is 192 Å². The van der Waals surface area contributed by atoms with Crippen LogP contribution < -0.4 is 4.90 Å². The largest absolute Gasteiger partial charge is 0.340 e. The molecule has 0 unspecified atom stereocenters. The van der Waals surface area contributed by atoms with Crippen molar-refractivity contribution in [3.63, 3.8) is 0 Å². The Bertz CT molecular complexity index is 1400. The average Bonchev–Trinajstić information content (AvgIpc) is 3.21. The smallest absolute Gasteiger partial charge is 0.160 e. The Morgan fingerprint density at radius 2 is 1.64 bits per heavy atom. The van der Waals surface area contributed by atoms with Crippen LogP contribution in [0.5, 0.6) is 0 Å². The molecule has 0 saturated heterocycles. The van der Waals surface area contributed by atoms with E-state index in [1.54, 1.807) is 23.5 Å². The van der Waals surface area contributed by atoms with E-state index in [2.05, 4.69) is 28.6 Å². The summed E-state index contributed by atoms with van der Waals surface area (Å²) >= 11 is 1.68. The SMILES string of the molecule is Cc1sc2c(c1C)C(c1ccc(N(C)c3c(F)cc(F)cc3F)cc1)=NCc1nnc(C)n1-2. The molecule has 0 fully saturated rings. The van der Waals surface area contributed by atoms with E-state index >= 15 is 0 Å². The van der Waals surface area contributed by atoms with E-state index in [0.29, 0.717) is 24.4 Å². The van der Waals surface area contributed by atoms with Crippen LogP contribution in [-0.4, -0.2) is 27.5 Å². The van der Waals surface area contributed by atoms with Crippen molar-refractivity contribution in [1.82, 2.24) is 14.8 Å². The van der Waals surface area contributed by atoms with Gasteiger partial charge in [-0.1, -0.05) is 12.1 Å². The predicted octanol–water partition coefficient (Wildman–Crippen LogP) is 5.79. The molecule has 0 atom stereocenters. The van der Waals surface area contributed by atoms with Gasteiger partial charge in [-0.15, -0.1) is 21.5 Å². The van der Waals surface area contributed by atoms with E-state index in [9.17, 15) is 13.2 Å². The molecule has 3 heterocycles. The number of rotatable bonds is 3. The minimum Gasteiger partial charge on any atom is -0.340 e. The van der Waals surface area contributed by atoms with Gasteiger partial charge in [0, 0.05) is 40.9 Å². The average molecular weight is 468 g/mol. The zero-order valence-corrected chi connectivity index (χ0v) is 19.3. The van der Waals surface area contributed by atoms with Crippen LogP contribution in [0, 0.1) is 38.2 Å². The zero-order chi connectivity index (χ0) is 23.4. The molecule has 0 aliphatic carbocycles. The first-order valence-electron chi connectivity index (χ1n) is 10.3. The summed E-state index contributed by atoms with van der Waals surface area (Å²) in [4.78, 5) is 7.41. The van der Waals surface area contributed by atoms with Crippen LogP contribution in [0.25, 0.3) is 5.00 Å². The molecular weight excluding hydrogens is 447 g/mol. The molecule has 0 bridgehead atoms. The van der Waals surface area contributed by atoms with Gasteiger partial charge in [-0.3, -0.25) is 9.56 Å². The summed E-state index contributed by atoms with van der Waals surface area (Å²) < 4.78 is 43.9. The lowest BCUT2D eigenvalue weighted by Gasteiger charge is -2.21. The molecule has 9 heteroatoms. The molecule has 1 aliphatic heterocycles. The Morgan fingerprint density at radius 1 is 0.970 bits per heavy atom. The van der Waals surface area contributed by atoms with Crippen LogP contribution in [-0.2, 0) is 6.54 Å². The van der Waals surface area contributed by atoms with Gasteiger partial charge in [-0.05, 0) is 38.5 Å². The molecule has 33 heavy (non-hydrogen) atoms. The summed E-state index contributed by atoms with van der Waals surface area (Å²) in [5.41, 5.74) is 4.15. The number of halogens is 3. The standard InChI is InChI=1S/C24H20F3N5S/c1-12-13(2)33-24-21(12)22(28-11-20-30-29-14(3)32(20)24)15-5-7-17(8-6-15)31(4)23-18(26)9-16(25)10-19(23)27/h5-10H,11H2,1-4H3. The van der Waals surface area contributed by atoms with Gasteiger partial charge in [0.15, 0.2) is 17.5 Å². The van der Waals surface area contributed by atoms with Gasteiger partial charge in [-0.25, -0.2) is 13.2 Å². The fourth-order valence-corrected chi connectivity index (χ4v) is 5.34. The highest BCUT2D eigenvalue weighted by Gasteiger charge is 2.26. The van der Waals surface area contributed by atoms with E-state index in [-0.39, 0.29) is 5.69 Å². The third kappa shape index (κ3) is 3.43. The minimum atomic E-state index is -0.959. The molecule has 1 aliphatic rings. The Morgan fingerprint density at radius 3 is 2.30 bits per heavy atom. The van der Waals surface area contributed by atoms with E-state index in [4.69, 9.17) is 4.99 Å². The number of nitrogens with zero attached hydrogens (tertiary/aromatic N) is 5. The van der Waals surface area contributed by atoms with Gasteiger partial charge >= 0.3 is 0 Å². The van der Waals surface area contributed by atoms with Crippen molar-refractivity contribution in [2.24, 2.45) is 4.99 Å². The Balaban J connectivity index is 1.56. The van der Waals surface area contributed by atoms with Gasteiger partial charge in [0.25, 0.3) is 0 Å². The minimum absolute atomic E-state index is 0.309. The normalized spacial score (nSPS) is 12.8. The number of hydrogen-bond acceptors (Lipinski definition) is 5. The molecule has 0 amide bonds. The van der Waals surface area contributed by atoms with Crippen molar-refractivity contribution < 1.29 is 13.2 Å². The van der Waals surface area contributed by atoms with Crippen LogP contribution in [0.4, 0.5) is 24.5 Å². The summed E-state index contributed by atoms with van der Waals surface area (Å²) in [6.45, 7) is 6.47. The van der Waals surface area contributed by atoms with E-state index in [1.807, 2.05) is 19.1 Å². The lowest BCUT2D eigenvalue weighted by molar-refractivity contribution is 0.544. The monoisotopic (exact) mass is 467 g/mol. The lowest BCUT2D eigenvalue weighted by Crippen LogP contribution is -2.14. The molecule has 0 saturated carbocycles. The first-order valence-corrected chi connectivity index (χ1v) is 11.1. The first-order chi connectivity index (χ1) is 15.8. The fraction of sp³-hybridized carbons (Fsp3) is 0.208. The second-order valence-electron chi connectivity index (χ2n) is 7.95. The van der Waals surface area contributed by atoms with E-state index in [1.165, 1.54) is 16.8 Å². The summed E-state index contributed by atoms with van der Waals surface area (Å²) in [5.74, 6) is -1.28. The maximum Gasteiger partial charge on any atom is 0.160 e. The van der Waals surface area contributed by atoms with Crippen molar-refractivity contribution >= 4 is 28.4 Å². The first kappa shape index (κ1) is 21.4. The van der Waals surface area contributed by atoms with Gasteiger partial charge in [0.2, 0.25) is 0 Å². The van der Waals surface area contributed by atoms with Crippen molar-refractivity contribution in [3.05, 3.63) is 87.1 Å². The second-order valence-corrected chi connectivity index (χ2v) is 9.15. The third-order valence-corrected chi connectivity index (χ3v) is 7.11. The van der Waals surface area contributed by atoms with Crippen LogP contribution in [0.2, 0.25) is 0 Å². The van der Waals surface area contributed by atoms with Gasteiger partial charge in [-0.2, -0.15) is 0 Å². The van der Waals surface area contributed by atoms with Gasteiger partial charge < -0.3 is 4.90 Å². The van der Waals surface area contributed by atoms with Crippen LogP contribution in [0.1, 0.15) is 33.2 Å². The van der Waals surface area contributed by atoms with Crippen molar-refractivity contribution in [3.8, 4) is 5.00 Å². The molecule has 0 spiro atoms. The summed E-state index contributed by atoms with van der Waals surface area (Å²) in [6, 6.07) is 8.63. The number of benzene rings is 2. The van der Waals surface area contributed by atoms with Crippen molar-refractivity contribution in [2.45, 2.75) is 27.3 Å². The molecular formula is C24H20F3N5S. The molecule has 4 aromatic rings. The quantitative estimate of drug-likeness (QED) is 0.383. The molecule has 0 radical (unpaired) electrons. The molecule has 5 nitrogen and oxygen atoms in total. The molecule has 2 aromatic carbocycles. The summed E-state index contributed by atoms with van der Waals surface area (Å²) in [6.07, 6.45) is 0. The van der Waals surface area contributed by atoms with Crippen LogP contribution in [0.3, 0.4) is 0 Å². The Hall–Kier alpha value is -3.46. The van der Waals surface area contributed by atoms with Crippen LogP contribution >= 0.6 is 11.3 Å². The maximum atomic E-state index is 14.3. The number of hydrogen-bond donors (Lipinski definition) is 0. The number of aliphatic imine (C=N–C) groups is 1. The lowest BCUT2D eigenvalue weighted by atomic mass is 9.99. The molecule has 5 rings (SSSR count). The number of aromatic nitrogens is 3. The van der Waals surface area contributed by atoms with Crippen LogP contribution in [0.15, 0.2) is 41.4 Å². The van der Waals surface area contributed by atoms with Crippen molar-refractivity contribution in [2.75, 3.05) is 11.9 Å². The highest BCUT2D eigenvalue weighted by Crippen LogP contribution is 2.37. The topological polar surface area (TPSA) is 46.3 Å². The van der Waals surface area contributed by atoms with Gasteiger partial charge in [0.05, 0.1) is 5.71 Å². The van der Waals surface area contributed by atoms with Gasteiger partial charge in [0.1, 0.15) is 28.9 Å². The number of aryl methyl sites for hydroxylation is 2. The predicted molar refractivity (Wildman–Crippen MR) is 124 cm³/mol. The second kappa shape index (κ2) is 7.84. The highest BCUT2D eigenvalue weighted by atomic mass is 32.1. The molecule has 2 aromatic heterocycles. The molecule has 0 N–H and O–H groups in total. The van der Waals surface area contributed by atoms with E-state index in [0.717, 1.165) is 39.1 Å². The highest BCUT2D eigenvalue weighted by molar-refractivity contribution is 7.15. The fourth-order valence-electron chi connectivity index (χ4n) is 4.11. The maximum absolute atomic E-state index is 14.3. The zero-order valence-electron chi connectivity index (χ0n) is 18.4. The number of fused-ring (bicyclic) bond motifs is 3.